The van der Waals surface area contributed by atoms with Crippen LogP contribution < -0.4 is 10.8 Å². The number of aliphatic hydroxyl groups is 1. The number of rotatable bonds is 3. The summed E-state index contributed by atoms with van der Waals surface area (Å²) in [6, 6.07) is 0. The number of hydrogen-bond donors (Lipinski definition) is 3. The summed E-state index contributed by atoms with van der Waals surface area (Å²) >= 11 is 0. The van der Waals surface area contributed by atoms with Gasteiger partial charge in [0.15, 0.2) is 0 Å². The minimum Gasteiger partial charge on any atom is -0.381 e. The first-order valence-electron chi connectivity index (χ1n) is 11.6. The lowest BCUT2D eigenvalue weighted by Crippen LogP contribution is -2.61. The molecule has 0 aromatic rings. The maximum atomic E-state index is 12.6. The second kappa shape index (κ2) is 6.66. The fraction of sp³-hybridized carbons (Fsp3) is 0.792. The zero-order valence-electron chi connectivity index (χ0n) is 17.9. The number of nitrogens with one attached hydrogen (secondary N) is 2. The third-order valence-electron chi connectivity index (χ3n) is 9.52. The van der Waals surface area contributed by atoms with Crippen LogP contribution in [-0.4, -0.2) is 35.7 Å². The Hall–Kier alpha value is -1.17. The first kappa shape index (κ1) is 19.8. The summed E-state index contributed by atoms with van der Waals surface area (Å²) in [7, 11) is 0. The molecule has 29 heavy (non-hydrogen) atoms. The van der Waals surface area contributed by atoms with E-state index in [2.05, 4.69) is 31.2 Å². The van der Waals surface area contributed by atoms with Crippen molar-refractivity contribution in [2.75, 3.05) is 13.1 Å². The van der Waals surface area contributed by atoms with Gasteiger partial charge in [0, 0.05) is 29.5 Å². The fourth-order valence-electron chi connectivity index (χ4n) is 7.59. The van der Waals surface area contributed by atoms with Crippen molar-refractivity contribution in [1.82, 2.24) is 10.8 Å². The van der Waals surface area contributed by atoms with Crippen molar-refractivity contribution in [3.05, 3.63) is 23.9 Å². The molecule has 1 heterocycles. The van der Waals surface area contributed by atoms with Crippen molar-refractivity contribution in [3.63, 3.8) is 0 Å². The van der Waals surface area contributed by atoms with Crippen LogP contribution in [0.1, 0.15) is 65.2 Å². The van der Waals surface area contributed by atoms with Crippen molar-refractivity contribution in [2.24, 2.45) is 28.6 Å². The van der Waals surface area contributed by atoms with Crippen LogP contribution in [0.15, 0.2) is 23.9 Å². The molecule has 1 saturated heterocycles. The molecule has 3 N–H and O–H groups in total. The average molecular weight is 401 g/mol. The molecule has 4 fully saturated rings. The van der Waals surface area contributed by atoms with Crippen LogP contribution in [0.4, 0.5) is 0 Å². The molecule has 5 heteroatoms. The topological polar surface area (TPSA) is 70.6 Å². The summed E-state index contributed by atoms with van der Waals surface area (Å²) in [6.07, 6.45) is 9.61. The van der Waals surface area contributed by atoms with Gasteiger partial charge in [0.25, 0.3) is 0 Å². The van der Waals surface area contributed by atoms with Crippen molar-refractivity contribution in [1.29, 1.82) is 0 Å². The summed E-state index contributed by atoms with van der Waals surface area (Å²) in [4.78, 5) is 18.5. The van der Waals surface area contributed by atoms with Crippen LogP contribution in [0.25, 0.3) is 0 Å². The van der Waals surface area contributed by atoms with Crippen molar-refractivity contribution in [2.45, 2.75) is 76.9 Å². The SMILES string of the molecule is C=C1C[C@H]2[C@@H]3CCC(=O)[C@@]3(C)CC[C@@H]2[C@@]2(C)CCC(NO[C@@H]3CCNC3)=C[C@]12O. The Bertz CT molecular complexity index is 757. The third-order valence-corrected chi connectivity index (χ3v) is 9.52. The highest BCUT2D eigenvalue weighted by molar-refractivity contribution is 5.87. The molecule has 0 radical (unpaired) electrons. The molecular weight excluding hydrogens is 364 g/mol. The highest BCUT2D eigenvalue weighted by Crippen LogP contribution is 2.66. The van der Waals surface area contributed by atoms with Crippen LogP contribution in [-0.2, 0) is 9.63 Å². The summed E-state index contributed by atoms with van der Waals surface area (Å²) in [5.41, 5.74) is 3.69. The van der Waals surface area contributed by atoms with Crippen LogP contribution in [0.2, 0.25) is 0 Å². The molecule has 0 bridgehead atoms. The molecule has 0 aromatic carbocycles. The van der Waals surface area contributed by atoms with Crippen LogP contribution in [0.3, 0.4) is 0 Å². The first-order chi connectivity index (χ1) is 13.8. The molecule has 3 saturated carbocycles. The van der Waals surface area contributed by atoms with Gasteiger partial charge in [0.1, 0.15) is 11.4 Å². The molecule has 5 nitrogen and oxygen atoms in total. The average Bonchev–Trinajstić information content (AvgIpc) is 3.31. The van der Waals surface area contributed by atoms with E-state index < -0.39 is 5.60 Å². The highest BCUT2D eigenvalue weighted by atomic mass is 16.7. The van der Waals surface area contributed by atoms with Gasteiger partial charge in [-0.05, 0) is 80.9 Å². The molecule has 4 aliphatic carbocycles. The zero-order valence-corrected chi connectivity index (χ0v) is 17.9. The molecule has 7 atom stereocenters. The van der Waals surface area contributed by atoms with Crippen molar-refractivity contribution < 1.29 is 14.7 Å². The van der Waals surface area contributed by atoms with Crippen molar-refractivity contribution >= 4 is 5.78 Å². The summed E-state index contributed by atoms with van der Waals surface area (Å²) in [5.74, 6) is 1.83. The highest BCUT2D eigenvalue weighted by Gasteiger charge is 2.64. The van der Waals surface area contributed by atoms with Crippen LogP contribution in [0, 0.1) is 28.6 Å². The number of Topliss-reactive ketones (excluding diaryl/α,β-unsaturated/α-hetero) is 1. The molecule has 5 rings (SSSR count). The van der Waals surface area contributed by atoms with E-state index in [9.17, 15) is 9.90 Å². The minimum absolute atomic E-state index is 0.145. The predicted octanol–water partition coefficient (Wildman–Crippen LogP) is 3.26. The smallest absolute Gasteiger partial charge is 0.139 e. The minimum atomic E-state index is -0.998. The Labute approximate surface area is 174 Å². The third kappa shape index (κ3) is 2.73. The lowest BCUT2D eigenvalue weighted by molar-refractivity contribution is -0.149. The zero-order chi connectivity index (χ0) is 20.4. The molecular formula is C24H36N2O3. The van der Waals surface area contributed by atoms with Crippen LogP contribution >= 0.6 is 0 Å². The van der Waals surface area contributed by atoms with E-state index in [-0.39, 0.29) is 16.9 Å². The number of carbonyl (C=O) groups is 1. The first-order valence-corrected chi connectivity index (χ1v) is 11.6. The number of carbonyl (C=O) groups excluding carboxylic acids is 1. The van der Waals surface area contributed by atoms with E-state index in [1.807, 2.05) is 6.08 Å². The van der Waals surface area contributed by atoms with Gasteiger partial charge >= 0.3 is 0 Å². The monoisotopic (exact) mass is 400 g/mol. The van der Waals surface area contributed by atoms with E-state index in [0.29, 0.717) is 23.5 Å². The number of ketones is 1. The Morgan fingerprint density at radius 3 is 2.79 bits per heavy atom. The maximum Gasteiger partial charge on any atom is 0.139 e. The number of hydroxylamine groups is 1. The lowest BCUT2D eigenvalue weighted by Gasteiger charge is -2.62. The van der Waals surface area contributed by atoms with E-state index in [1.54, 1.807) is 0 Å². The maximum absolute atomic E-state index is 12.6. The second-order valence-electron chi connectivity index (χ2n) is 10.8. The van der Waals surface area contributed by atoms with Gasteiger partial charge in [-0.2, -0.15) is 0 Å². The standard InChI is InChI=1S/C24H36N2O3/c1-15-12-18-19-4-5-21(27)22(19,2)9-7-20(18)23(3)10-6-16(13-24(15,23)28)26-29-17-8-11-25-14-17/h13,17-20,25-26,28H,1,4-12,14H2,2-3H3/t17-,18+,19+,20+,22+,23-,24+/m1/s1. The van der Waals surface area contributed by atoms with Crippen LogP contribution in [0.5, 0.6) is 0 Å². The van der Waals surface area contributed by atoms with Gasteiger partial charge in [0.2, 0.25) is 0 Å². The second-order valence-corrected chi connectivity index (χ2v) is 10.8. The number of allylic oxidation sites excluding steroid dienone is 1. The normalized spacial score (nSPS) is 49.3. The Kier molecular flexibility index (Phi) is 4.54. The van der Waals surface area contributed by atoms with E-state index >= 15 is 0 Å². The molecule has 0 spiro atoms. The fourth-order valence-corrected chi connectivity index (χ4v) is 7.59. The van der Waals surface area contributed by atoms with Gasteiger partial charge in [-0.15, -0.1) is 0 Å². The molecule has 0 amide bonds. The molecule has 0 unspecified atom stereocenters. The number of hydrogen-bond acceptors (Lipinski definition) is 5. The molecule has 5 aliphatic rings. The van der Waals surface area contributed by atoms with Gasteiger partial charge in [-0.25, -0.2) is 0 Å². The van der Waals surface area contributed by atoms with Gasteiger partial charge in [0.05, 0.1) is 6.10 Å². The summed E-state index contributed by atoms with van der Waals surface area (Å²) in [6.45, 7) is 10.7. The summed E-state index contributed by atoms with van der Waals surface area (Å²) in [5, 5.41) is 15.2. The van der Waals surface area contributed by atoms with E-state index in [0.717, 1.165) is 75.7 Å². The van der Waals surface area contributed by atoms with Gasteiger partial charge in [-0.3, -0.25) is 15.1 Å². The van der Waals surface area contributed by atoms with Gasteiger partial charge < -0.3 is 10.4 Å². The number of fused-ring (bicyclic) bond motifs is 5. The Balaban J connectivity index is 1.40. The van der Waals surface area contributed by atoms with Gasteiger partial charge in [-0.1, -0.05) is 20.4 Å². The lowest BCUT2D eigenvalue weighted by atomic mass is 9.43. The Morgan fingerprint density at radius 2 is 2.03 bits per heavy atom. The largest absolute Gasteiger partial charge is 0.381 e. The predicted molar refractivity (Wildman–Crippen MR) is 112 cm³/mol. The quantitative estimate of drug-likeness (QED) is 0.501. The molecule has 1 aliphatic heterocycles. The van der Waals surface area contributed by atoms with E-state index in [1.165, 1.54) is 0 Å². The Morgan fingerprint density at radius 1 is 1.21 bits per heavy atom. The molecule has 0 aromatic heterocycles. The van der Waals surface area contributed by atoms with Crippen molar-refractivity contribution in [3.8, 4) is 0 Å². The van der Waals surface area contributed by atoms with E-state index in [4.69, 9.17) is 4.84 Å². The molecule has 160 valence electrons. The summed E-state index contributed by atoms with van der Waals surface area (Å²) < 4.78 is 0.